The van der Waals surface area contributed by atoms with Crippen molar-refractivity contribution in [3.63, 3.8) is 0 Å². The normalized spacial score (nSPS) is 19.4. The molecule has 1 aliphatic heterocycles. The monoisotopic (exact) mass is 505 g/mol. The summed E-state index contributed by atoms with van der Waals surface area (Å²) in [6.45, 7) is 10.9. The molecule has 0 spiro atoms. The van der Waals surface area contributed by atoms with Crippen LogP contribution < -0.4 is 15.4 Å². The number of guanidine groups is 1. The Labute approximate surface area is 186 Å². The molecule has 6 nitrogen and oxygen atoms in total. The minimum absolute atomic E-state index is 0. The Morgan fingerprint density at radius 1 is 1.29 bits per heavy atom. The molecule has 1 unspecified atom stereocenters. The van der Waals surface area contributed by atoms with Gasteiger partial charge in [0, 0.05) is 31.7 Å². The van der Waals surface area contributed by atoms with Crippen LogP contribution in [0.25, 0.3) is 0 Å². The molecule has 2 rings (SSSR count). The Morgan fingerprint density at radius 3 is 2.61 bits per heavy atom. The first-order chi connectivity index (χ1) is 13.1. The fourth-order valence-electron chi connectivity index (χ4n) is 3.05. The van der Waals surface area contributed by atoms with Crippen molar-refractivity contribution in [3.05, 3.63) is 29.8 Å². The zero-order chi connectivity index (χ0) is 19.5. The molecule has 3 N–H and O–H groups in total. The maximum absolute atomic E-state index is 9.36. The molecule has 0 aliphatic carbocycles. The summed E-state index contributed by atoms with van der Waals surface area (Å²) in [6, 6.07) is 8.11. The number of hydrogen-bond acceptors (Lipinski definition) is 4. The lowest BCUT2D eigenvalue weighted by molar-refractivity contribution is 0.127. The van der Waals surface area contributed by atoms with E-state index in [1.807, 2.05) is 12.1 Å². The number of nitrogens with one attached hydrogen (secondary N) is 2. The minimum Gasteiger partial charge on any atom is -0.493 e. The predicted octanol–water partition coefficient (Wildman–Crippen LogP) is 3.18. The molecule has 0 radical (unpaired) electrons. The molecule has 1 aromatic rings. The summed E-state index contributed by atoms with van der Waals surface area (Å²) >= 11 is 0. The maximum atomic E-state index is 9.36. The van der Waals surface area contributed by atoms with Crippen molar-refractivity contribution in [3.8, 4) is 5.75 Å². The number of benzene rings is 1. The molecule has 1 atom stereocenters. The number of nitrogens with zero attached hydrogens (tertiary/aromatic N) is 1. The first kappa shape index (κ1) is 25.0. The van der Waals surface area contributed by atoms with Crippen LogP contribution in [0.1, 0.15) is 39.2 Å². The fraction of sp³-hybridized carbons (Fsp3) is 0.667. The molecular formula is C21H36IN3O3. The van der Waals surface area contributed by atoms with Crippen molar-refractivity contribution in [2.45, 2.75) is 40.2 Å². The lowest BCUT2D eigenvalue weighted by Gasteiger charge is -2.27. The van der Waals surface area contributed by atoms with Gasteiger partial charge in [0.1, 0.15) is 5.75 Å². The largest absolute Gasteiger partial charge is 0.493 e. The summed E-state index contributed by atoms with van der Waals surface area (Å²) in [7, 11) is 0. The lowest BCUT2D eigenvalue weighted by atomic mass is 9.84. The average molecular weight is 505 g/mol. The van der Waals surface area contributed by atoms with Crippen molar-refractivity contribution in [2.75, 3.05) is 39.5 Å². The van der Waals surface area contributed by atoms with Gasteiger partial charge in [-0.15, -0.1) is 24.0 Å². The summed E-state index contributed by atoms with van der Waals surface area (Å²) < 4.78 is 11.3. The molecule has 1 fully saturated rings. The van der Waals surface area contributed by atoms with Crippen LogP contribution in [0.4, 0.5) is 0 Å². The van der Waals surface area contributed by atoms with Gasteiger partial charge < -0.3 is 25.2 Å². The van der Waals surface area contributed by atoms with E-state index in [1.165, 1.54) is 0 Å². The third kappa shape index (κ3) is 8.53. The Kier molecular flexibility index (Phi) is 11.8. The van der Waals surface area contributed by atoms with Gasteiger partial charge in [0.25, 0.3) is 0 Å². The van der Waals surface area contributed by atoms with E-state index in [-0.39, 0.29) is 36.0 Å². The minimum atomic E-state index is 0. The second-order valence-electron chi connectivity index (χ2n) is 7.67. The first-order valence-electron chi connectivity index (χ1n) is 9.99. The van der Waals surface area contributed by atoms with E-state index in [9.17, 15) is 5.11 Å². The highest BCUT2D eigenvalue weighted by molar-refractivity contribution is 14.0. The molecule has 1 heterocycles. The van der Waals surface area contributed by atoms with Crippen LogP contribution in [0.15, 0.2) is 29.3 Å². The van der Waals surface area contributed by atoms with E-state index in [4.69, 9.17) is 14.5 Å². The smallest absolute Gasteiger partial charge is 0.191 e. The van der Waals surface area contributed by atoms with Crippen LogP contribution in [-0.4, -0.2) is 50.6 Å². The van der Waals surface area contributed by atoms with Gasteiger partial charge in [-0.2, -0.15) is 0 Å². The van der Waals surface area contributed by atoms with Gasteiger partial charge in [-0.05, 0) is 43.4 Å². The van der Waals surface area contributed by atoms with E-state index < -0.39 is 0 Å². The summed E-state index contributed by atoms with van der Waals surface area (Å²) in [5, 5.41) is 16.1. The molecule has 0 saturated carbocycles. The highest BCUT2D eigenvalue weighted by Crippen LogP contribution is 2.31. The van der Waals surface area contributed by atoms with E-state index in [1.54, 1.807) is 0 Å². The van der Waals surface area contributed by atoms with Gasteiger partial charge in [-0.25, -0.2) is 4.99 Å². The second-order valence-corrected chi connectivity index (χ2v) is 7.67. The number of ether oxygens (including phenoxy) is 2. The quantitative estimate of drug-likeness (QED) is 0.259. The van der Waals surface area contributed by atoms with Gasteiger partial charge in [0.2, 0.25) is 0 Å². The topological polar surface area (TPSA) is 75.1 Å². The fourth-order valence-corrected chi connectivity index (χ4v) is 3.05. The van der Waals surface area contributed by atoms with E-state index in [0.29, 0.717) is 19.1 Å². The molecule has 7 heteroatoms. The third-order valence-electron chi connectivity index (χ3n) is 4.73. The highest BCUT2D eigenvalue weighted by Gasteiger charge is 2.34. The SMILES string of the molecule is CCNC(=NCc1ccc(OCC(C)C)cc1)NCC1(CCO)CCOC1.I. The van der Waals surface area contributed by atoms with Crippen LogP contribution in [0.3, 0.4) is 0 Å². The highest BCUT2D eigenvalue weighted by atomic mass is 127. The van der Waals surface area contributed by atoms with E-state index >= 15 is 0 Å². The van der Waals surface area contributed by atoms with Gasteiger partial charge in [0.15, 0.2) is 5.96 Å². The predicted molar refractivity (Wildman–Crippen MR) is 125 cm³/mol. The number of aliphatic hydroxyl groups excluding tert-OH is 1. The van der Waals surface area contributed by atoms with Crippen LogP contribution in [0, 0.1) is 11.3 Å². The Hall–Kier alpha value is -1.06. The molecule has 1 aromatic carbocycles. The number of halogens is 1. The average Bonchev–Trinajstić information content (AvgIpc) is 3.12. The Morgan fingerprint density at radius 2 is 2.04 bits per heavy atom. The number of hydrogen-bond donors (Lipinski definition) is 3. The standard InChI is InChI=1S/C21H35N3O3.HI/c1-4-22-20(24-15-21(9-11-25)10-12-26-16-21)23-13-18-5-7-19(8-6-18)27-14-17(2)3;/h5-8,17,25H,4,9-16H2,1-3H3,(H2,22,23,24);1H. The molecule has 0 bridgehead atoms. The van der Waals surface area contributed by atoms with Gasteiger partial charge >= 0.3 is 0 Å². The number of aliphatic imine (C=N–C) groups is 1. The zero-order valence-electron chi connectivity index (χ0n) is 17.4. The third-order valence-corrected chi connectivity index (χ3v) is 4.73. The molecule has 0 aromatic heterocycles. The molecule has 160 valence electrons. The summed E-state index contributed by atoms with van der Waals surface area (Å²) in [6.07, 6.45) is 1.72. The summed E-state index contributed by atoms with van der Waals surface area (Å²) in [5.74, 6) is 2.21. The van der Waals surface area contributed by atoms with Crippen LogP contribution >= 0.6 is 24.0 Å². The molecule has 0 amide bonds. The molecule has 28 heavy (non-hydrogen) atoms. The van der Waals surface area contributed by atoms with Gasteiger partial charge in [-0.3, -0.25) is 0 Å². The maximum Gasteiger partial charge on any atom is 0.191 e. The van der Waals surface area contributed by atoms with E-state index in [2.05, 4.69) is 43.5 Å². The summed E-state index contributed by atoms with van der Waals surface area (Å²) in [4.78, 5) is 4.69. The zero-order valence-corrected chi connectivity index (χ0v) is 19.7. The summed E-state index contributed by atoms with van der Waals surface area (Å²) in [5.41, 5.74) is 1.14. The van der Waals surface area contributed by atoms with E-state index in [0.717, 1.165) is 56.4 Å². The molecule has 1 saturated heterocycles. The first-order valence-corrected chi connectivity index (χ1v) is 9.99. The molecular weight excluding hydrogens is 469 g/mol. The number of rotatable bonds is 10. The number of aliphatic hydroxyl groups is 1. The molecule has 1 aliphatic rings. The lowest BCUT2D eigenvalue weighted by Crippen LogP contribution is -2.44. The van der Waals surface area contributed by atoms with Crippen molar-refractivity contribution in [1.82, 2.24) is 10.6 Å². The van der Waals surface area contributed by atoms with Crippen LogP contribution in [0.5, 0.6) is 5.75 Å². The van der Waals surface area contributed by atoms with Crippen LogP contribution in [-0.2, 0) is 11.3 Å². The van der Waals surface area contributed by atoms with Crippen molar-refractivity contribution in [2.24, 2.45) is 16.3 Å². The van der Waals surface area contributed by atoms with Crippen LogP contribution in [0.2, 0.25) is 0 Å². The van der Waals surface area contributed by atoms with Crippen molar-refractivity contribution < 1.29 is 14.6 Å². The Balaban J connectivity index is 0.00000392. The van der Waals surface area contributed by atoms with Gasteiger partial charge in [0.05, 0.1) is 19.8 Å². The second kappa shape index (κ2) is 13.2. The van der Waals surface area contributed by atoms with Crippen molar-refractivity contribution in [1.29, 1.82) is 0 Å². The van der Waals surface area contributed by atoms with Gasteiger partial charge in [-0.1, -0.05) is 26.0 Å². The Bertz CT molecular complexity index is 573. The van der Waals surface area contributed by atoms with Crippen molar-refractivity contribution >= 4 is 29.9 Å².